The summed E-state index contributed by atoms with van der Waals surface area (Å²) in [4.78, 5) is 22.2. The number of benzene rings is 2. The maximum atomic E-state index is 11.8. The monoisotopic (exact) mass is 466 g/mol. The molecule has 0 aliphatic heterocycles. The van der Waals surface area contributed by atoms with Crippen LogP contribution in [-0.2, 0) is 4.79 Å². The smallest absolute Gasteiger partial charge is 0.303 e. The van der Waals surface area contributed by atoms with Gasteiger partial charge in [0.2, 0.25) is 0 Å². The minimum Gasteiger partial charge on any atom is -0.481 e. The van der Waals surface area contributed by atoms with E-state index in [1.807, 2.05) is 60.7 Å². The Kier molecular flexibility index (Phi) is 18.4. The lowest BCUT2D eigenvalue weighted by atomic mass is 10.0. The molecular weight excluding hydrogens is 420 g/mol. The van der Waals surface area contributed by atoms with Crippen LogP contribution < -0.4 is 0 Å². The molecule has 3 nitrogen and oxygen atoms in total. The molecule has 3 heteroatoms. The van der Waals surface area contributed by atoms with Crippen molar-refractivity contribution < 1.29 is 14.7 Å². The van der Waals surface area contributed by atoms with Crippen molar-refractivity contribution in [3.63, 3.8) is 0 Å². The van der Waals surface area contributed by atoms with E-state index in [0.29, 0.717) is 6.42 Å². The molecular formula is C31H46O3. The third-order valence-corrected chi connectivity index (χ3v) is 6.07. The Morgan fingerprint density at radius 2 is 0.853 bits per heavy atom. The van der Waals surface area contributed by atoms with Crippen LogP contribution in [0.4, 0.5) is 0 Å². The summed E-state index contributed by atoms with van der Waals surface area (Å²) >= 11 is 0. The van der Waals surface area contributed by atoms with Gasteiger partial charge in [0, 0.05) is 17.5 Å². The molecule has 0 amide bonds. The summed E-state index contributed by atoms with van der Waals surface area (Å²) in [5.74, 6) is -0.578. The molecule has 1 N–H and O–H groups in total. The zero-order valence-corrected chi connectivity index (χ0v) is 21.4. The van der Waals surface area contributed by atoms with Gasteiger partial charge in [-0.1, -0.05) is 157 Å². The third kappa shape index (κ3) is 16.2. The lowest BCUT2D eigenvalue weighted by Gasteiger charge is -2.03. The van der Waals surface area contributed by atoms with Crippen molar-refractivity contribution in [2.24, 2.45) is 0 Å². The van der Waals surface area contributed by atoms with Gasteiger partial charge in [-0.05, 0) is 6.42 Å². The van der Waals surface area contributed by atoms with Crippen molar-refractivity contribution in [2.75, 3.05) is 0 Å². The van der Waals surface area contributed by atoms with E-state index in [0.717, 1.165) is 24.0 Å². The van der Waals surface area contributed by atoms with Crippen LogP contribution in [0.1, 0.15) is 126 Å². The van der Waals surface area contributed by atoms with Gasteiger partial charge < -0.3 is 5.11 Å². The number of carbonyl (C=O) groups is 2. The van der Waals surface area contributed by atoms with Crippen molar-refractivity contribution >= 4 is 11.8 Å². The summed E-state index contributed by atoms with van der Waals surface area (Å²) in [5.41, 5.74) is 1.47. The molecule has 2 rings (SSSR count). The van der Waals surface area contributed by atoms with E-state index in [1.54, 1.807) is 0 Å². The van der Waals surface area contributed by atoms with E-state index in [-0.39, 0.29) is 5.78 Å². The summed E-state index contributed by atoms with van der Waals surface area (Å²) in [6, 6.07) is 18.6. The molecule has 0 heterocycles. The summed E-state index contributed by atoms with van der Waals surface area (Å²) < 4.78 is 0. The highest BCUT2D eigenvalue weighted by Gasteiger charge is 2.06. The Morgan fingerprint density at radius 1 is 0.529 bits per heavy atom. The molecule has 188 valence electrons. The minimum atomic E-state index is -0.653. The predicted molar refractivity (Wildman–Crippen MR) is 143 cm³/mol. The summed E-state index contributed by atoms with van der Waals surface area (Å²) in [7, 11) is 0. The first-order valence-electron chi connectivity index (χ1n) is 13.5. The van der Waals surface area contributed by atoms with Crippen LogP contribution in [0, 0.1) is 0 Å². The lowest BCUT2D eigenvalue weighted by Crippen LogP contribution is -1.99. The molecule has 0 radical (unpaired) electrons. The van der Waals surface area contributed by atoms with Crippen LogP contribution in [0.3, 0.4) is 0 Å². The molecule has 0 aliphatic rings. The normalized spacial score (nSPS) is 10.4. The fourth-order valence-electron chi connectivity index (χ4n) is 3.99. The fourth-order valence-corrected chi connectivity index (χ4v) is 3.99. The maximum absolute atomic E-state index is 11.8. The third-order valence-electron chi connectivity index (χ3n) is 6.07. The standard InChI is InChI=1S/C18H36O2.C13H10O/c1-2-3-4-5-6-7-8-9-10-11-12-13-14-15-16-17-18(19)20;14-13(11-7-3-1-4-8-11)12-9-5-2-6-10-12/h2-17H2,1H3,(H,19,20);1-10H. The number of unbranched alkanes of at least 4 members (excludes halogenated alkanes) is 14. The molecule has 0 bridgehead atoms. The highest BCUT2D eigenvalue weighted by molar-refractivity contribution is 6.08. The van der Waals surface area contributed by atoms with E-state index in [2.05, 4.69) is 6.92 Å². The number of carbonyl (C=O) groups excluding carboxylic acids is 1. The summed E-state index contributed by atoms with van der Waals surface area (Å²) in [6.07, 6.45) is 20.2. The first-order chi connectivity index (χ1) is 16.6. The van der Waals surface area contributed by atoms with E-state index in [4.69, 9.17) is 5.11 Å². The van der Waals surface area contributed by atoms with E-state index < -0.39 is 5.97 Å². The van der Waals surface area contributed by atoms with Crippen LogP contribution in [0.25, 0.3) is 0 Å². The Bertz CT molecular complexity index is 698. The average Bonchev–Trinajstić information content (AvgIpc) is 2.87. The van der Waals surface area contributed by atoms with E-state index in [9.17, 15) is 9.59 Å². The summed E-state index contributed by atoms with van der Waals surface area (Å²) in [5, 5.41) is 8.52. The van der Waals surface area contributed by atoms with Crippen LogP contribution in [0.5, 0.6) is 0 Å². The Labute approximate surface area is 208 Å². The molecule has 0 saturated carbocycles. The molecule has 0 aromatic heterocycles. The molecule has 0 unspecified atom stereocenters. The van der Waals surface area contributed by atoms with Crippen molar-refractivity contribution in [3.05, 3.63) is 71.8 Å². The number of hydrogen-bond donors (Lipinski definition) is 1. The SMILES string of the molecule is CCCCCCCCCCCCCCCCCC(=O)O.O=C(c1ccccc1)c1ccccc1. The van der Waals surface area contributed by atoms with Crippen molar-refractivity contribution in [1.29, 1.82) is 0 Å². The zero-order valence-electron chi connectivity index (χ0n) is 21.4. The van der Waals surface area contributed by atoms with Crippen molar-refractivity contribution in [3.8, 4) is 0 Å². The quantitative estimate of drug-likeness (QED) is 0.176. The van der Waals surface area contributed by atoms with Gasteiger partial charge in [-0.15, -0.1) is 0 Å². The molecule has 0 spiro atoms. The predicted octanol–water partition coefficient (Wildman–Crippen LogP) is 9.25. The van der Waals surface area contributed by atoms with Gasteiger partial charge >= 0.3 is 5.97 Å². The fraction of sp³-hybridized carbons (Fsp3) is 0.548. The van der Waals surface area contributed by atoms with Crippen LogP contribution in [-0.4, -0.2) is 16.9 Å². The van der Waals surface area contributed by atoms with Crippen molar-refractivity contribution in [2.45, 2.75) is 110 Å². The largest absolute Gasteiger partial charge is 0.481 e. The van der Waals surface area contributed by atoms with Gasteiger partial charge in [0.15, 0.2) is 5.78 Å². The second-order valence-electron chi connectivity index (χ2n) is 9.15. The van der Waals surface area contributed by atoms with E-state index >= 15 is 0 Å². The van der Waals surface area contributed by atoms with Crippen LogP contribution in [0.15, 0.2) is 60.7 Å². The average molecular weight is 467 g/mol. The highest BCUT2D eigenvalue weighted by Crippen LogP contribution is 2.13. The summed E-state index contributed by atoms with van der Waals surface area (Å²) in [6.45, 7) is 2.27. The lowest BCUT2D eigenvalue weighted by molar-refractivity contribution is -0.137. The second kappa shape index (κ2) is 21.1. The number of carboxylic acid groups (broad SMARTS) is 1. The first kappa shape index (κ1) is 29.6. The molecule has 0 saturated heterocycles. The molecule has 34 heavy (non-hydrogen) atoms. The number of rotatable bonds is 18. The van der Waals surface area contributed by atoms with Gasteiger partial charge in [0.05, 0.1) is 0 Å². The molecule has 2 aromatic carbocycles. The first-order valence-corrected chi connectivity index (χ1v) is 13.5. The number of aliphatic carboxylic acids is 1. The van der Waals surface area contributed by atoms with Gasteiger partial charge in [0.25, 0.3) is 0 Å². The second-order valence-corrected chi connectivity index (χ2v) is 9.15. The Hall–Kier alpha value is -2.42. The Balaban J connectivity index is 0.000000358. The minimum absolute atomic E-state index is 0.0752. The number of carboxylic acids is 1. The highest BCUT2D eigenvalue weighted by atomic mass is 16.4. The molecule has 0 fully saturated rings. The van der Waals surface area contributed by atoms with Gasteiger partial charge in [-0.2, -0.15) is 0 Å². The van der Waals surface area contributed by atoms with E-state index in [1.165, 1.54) is 83.5 Å². The molecule has 0 aliphatic carbocycles. The molecule has 0 atom stereocenters. The van der Waals surface area contributed by atoms with Gasteiger partial charge in [0.1, 0.15) is 0 Å². The number of ketones is 1. The van der Waals surface area contributed by atoms with Gasteiger partial charge in [-0.3, -0.25) is 9.59 Å². The van der Waals surface area contributed by atoms with Crippen molar-refractivity contribution in [1.82, 2.24) is 0 Å². The van der Waals surface area contributed by atoms with Gasteiger partial charge in [-0.25, -0.2) is 0 Å². The number of hydrogen-bond acceptors (Lipinski definition) is 2. The van der Waals surface area contributed by atoms with Crippen LogP contribution >= 0.6 is 0 Å². The maximum Gasteiger partial charge on any atom is 0.303 e. The topological polar surface area (TPSA) is 54.4 Å². The Morgan fingerprint density at radius 3 is 1.18 bits per heavy atom. The zero-order chi connectivity index (χ0) is 24.7. The van der Waals surface area contributed by atoms with Crippen LogP contribution in [0.2, 0.25) is 0 Å². The molecule has 2 aromatic rings.